The normalized spacial score (nSPS) is 11.2. The fraction of sp³-hybridized carbons (Fsp3) is 0.400. The van der Waals surface area contributed by atoms with Crippen molar-refractivity contribution >= 4 is 29.9 Å². The van der Waals surface area contributed by atoms with Gasteiger partial charge in [0.2, 0.25) is 0 Å². The van der Waals surface area contributed by atoms with Crippen molar-refractivity contribution in [3.63, 3.8) is 0 Å². The maximum atomic E-state index is 12.8. The Kier molecular flexibility index (Phi) is 11.0. The van der Waals surface area contributed by atoms with Crippen LogP contribution in [-0.4, -0.2) is 19.0 Å². The number of aliphatic imine (C=N–C) groups is 1. The summed E-state index contributed by atoms with van der Waals surface area (Å²) in [6, 6.07) is 6.42. The number of rotatable bonds is 6. The maximum Gasteiger partial charge on any atom is 0.191 e. The first-order valence-electron chi connectivity index (χ1n) is 6.64. The summed E-state index contributed by atoms with van der Waals surface area (Å²) in [5.41, 5.74) is 0.993. The molecule has 0 aliphatic rings. The second kappa shape index (κ2) is 11.7. The number of benzene rings is 1. The van der Waals surface area contributed by atoms with E-state index in [4.69, 9.17) is 0 Å². The molecule has 1 aromatic carbocycles. The first-order chi connectivity index (χ1) is 9.26. The van der Waals surface area contributed by atoms with Gasteiger partial charge in [0.25, 0.3) is 0 Å². The van der Waals surface area contributed by atoms with Crippen molar-refractivity contribution in [3.8, 4) is 0 Å². The van der Waals surface area contributed by atoms with E-state index < -0.39 is 0 Å². The van der Waals surface area contributed by atoms with E-state index in [0.717, 1.165) is 31.0 Å². The molecule has 5 heteroatoms. The number of hydrogen-bond donors (Lipinski definition) is 2. The molecule has 0 heterocycles. The topological polar surface area (TPSA) is 36.4 Å². The zero-order valence-corrected chi connectivity index (χ0v) is 14.4. The molecule has 3 nitrogen and oxygen atoms in total. The Morgan fingerprint density at radius 2 is 1.95 bits per heavy atom. The molecule has 20 heavy (non-hydrogen) atoms. The monoisotopic (exact) mass is 391 g/mol. The molecule has 1 aromatic rings. The highest BCUT2D eigenvalue weighted by Gasteiger charge is 1.97. The van der Waals surface area contributed by atoms with Crippen LogP contribution in [0.2, 0.25) is 0 Å². The fourth-order valence-electron chi connectivity index (χ4n) is 1.54. The minimum absolute atomic E-state index is 0. The van der Waals surface area contributed by atoms with E-state index in [1.54, 1.807) is 12.1 Å². The van der Waals surface area contributed by atoms with E-state index in [0.29, 0.717) is 6.54 Å². The van der Waals surface area contributed by atoms with Crippen LogP contribution in [-0.2, 0) is 6.54 Å². The first kappa shape index (κ1) is 18.9. The second-order valence-corrected chi connectivity index (χ2v) is 4.11. The smallest absolute Gasteiger partial charge is 0.191 e. The number of hydrogen-bond acceptors (Lipinski definition) is 1. The third-order valence-electron chi connectivity index (χ3n) is 2.52. The van der Waals surface area contributed by atoms with Gasteiger partial charge in [0.05, 0.1) is 6.54 Å². The van der Waals surface area contributed by atoms with Crippen molar-refractivity contribution in [3.05, 3.63) is 47.8 Å². The van der Waals surface area contributed by atoms with Crippen molar-refractivity contribution in [2.45, 2.75) is 26.8 Å². The molecular formula is C15H23FIN3. The van der Waals surface area contributed by atoms with Crippen molar-refractivity contribution < 1.29 is 4.39 Å². The van der Waals surface area contributed by atoms with Gasteiger partial charge in [-0.2, -0.15) is 0 Å². The molecule has 0 unspecified atom stereocenters. The summed E-state index contributed by atoms with van der Waals surface area (Å²) in [5, 5.41) is 6.43. The van der Waals surface area contributed by atoms with Gasteiger partial charge < -0.3 is 10.6 Å². The SMILES string of the molecule is C/C=C/CCNC(=NCc1ccc(F)cc1)NCC.I. The van der Waals surface area contributed by atoms with Gasteiger partial charge in [0, 0.05) is 13.1 Å². The average Bonchev–Trinajstić information content (AvgIpc) is 2.42. The maximum absolute atomic E-state index is 12.8. The summed E-state index contributed by atoms with van der Waals surface area (Å²) in [6.07, 6.45) is 5.11. The Bertz CT molecular complexity index is 416. The van der Waals surface area contributed by atoms with Crippen LogP contribution in [0.15, 0.2) is 41.4 Å². The first-order valence-corrected chi connectivity index (χ1v) is 6.64. The molecule has 0 fully saturated rings. The number of guanidine groups is 1. The highest BCUT2D eigenvalue weighted by atomic mass is 127. The Morgan fingerprint density at radius 3 is 2.55 bits per heavy atom. The minimum atomic E-state index is -0.218. The lowest BCUT2D eigenvalue weighted by molar-refractivity contribution is 0.627. The number of halogens is 2. The predicted molar refractivity (Wildman–Crippen MR) is 94.1 cm³/mol. The molecule has 0 aromatic heterocycles. The molecule has 0 amide bonds. The van der Waals surface area contributed by atoms with Crippen LogP contribution in [0.1, 0.15) is 25.8 Å². The zero-order chi connectivity index (χ0) is 13.9. The van der Waals surface area contributed by atoms with E-state index in [1.165, 1.54) is 12.1 Å². The van der Waals surface area contributed by atoms with Crippen LogP contribution < -0.4 is 10.6 Å². The Morgan fingerprint density at radius 1 is 1.25 bits per heavy atom. The van der Waals surface area contributed by atoms with Crippen LogP contribution >= 0.6 is 24.0 Å². The number of allylic oxidation sites excluding steroid dienone is 1. The molecule has 0 spiro atoms. The van der Waals surface area contributed by atoms with Gasteiger partial charge in [-0.05, 0) is 38.0 Å². The van der Waals surface area contributed by atoms with Gasteiger partial charge in [-0.15, -0.1) is 24.0 Å². The summed E-state index contributed by atoms with van der Waals surface area (Å²) in [7, 11) is 0. The van der Waals surface area contributed by atoms with Crippen molar-refractivity contribution in [2.75, 3.05) is 13.1 Å². The molecule has 2 N–H and O–H groups in total. The Hall–Kier alpha value is -1.11. The molecule has 0 radical (unpaired) electrons. The van der Waals surface area contributed by atoms with E-state index in [9.17, 15) is 4.39 Å². The third kappa shape index (κ3) is 8.14. The number of nitrogens with zero attached hydrogens (tertiary/aromatic N) is 1. The lowest BCUT2D eigenvalue weighted by Gasteiger charge is -2.10. The molecule has 1 rings (SSSR count). The van der Waals surface area contributed by atoms with Gasteiger partial charge in [-0.1, -0.05) is 24.3 Å². The standard InChI is InChI=1S/C15H22FN3.HI/c1-3-5-6-11-18-15(17-4-2)19-12-13-7-9-14(16)10-8-13;/h3,5,7-10H,4,6,11-12H2,1-2H3,(H2,17,18,19);1H/b5-3+;. The molecule has 0 bridgehead atoms. The summed E-state index contributed by atoms with van der Waals surface area (Å²) >= 11 is 0. The fourth-order valence-corrected chi connectivity index (χ4v) is 1.54. The predicted octanol–water partition coefficient (Wildman–Crippen LogP) is 3.47. The van der Waals surface area contributed by atoms with Gasteiger partial charge in [-0.25, -0.2) is 9.38 Å². The molecule has 0 aliphatic carbocycles. The molecule has 0 aliphatic heterocycles. The van der Waals surface area contributed by atoms with Crippen molar-refractivity contribution in [1.82, 2.24) is 10.6 Å². The van der Waals surface area contributed by atoms with Crippen molar-refractivity contribution in [2.24, 2.45) is 4.99 Å². The average molecular weight is 391 g/mol. The number of nitrogens with one attached hydrogen (secondary N) is 2. The van der Waals surface area contributed by atoms with Gasteiger partial charge >= 0.3 is 0 Å². The Balaban J connectivity index is 0.00000361. The van der Waals surface area contributed by atoms with Crippen molar-refractivity contribution in [1.29, 1.82) is 0 Å². The van der Waals surface area contributed by atoms with E-state index in [-0.39, 0.29) is 29.8 Å². The molecular weight excluding hydrogens is 368 g/mol. The molecule has 112 valence electrons. The van der Waals surface area contributed by atoms with Gasteiger partial charge in [0.15, 0.2) is 5.96 Å². The van der Waals surface area contributed by atoms with E-state index >= 15 is 0 Å². The van der Waals surface area contributed by atoms with Crippen LogP contribution in [0.25, 0.3) is 0 Å². The molecule has 0 atom stereocenters. The summed E-state index contributed by atoms with van der Waals surface area (Å²) < 4.78 is 12.8. The van der Waals surface area contributed by atoms with Crippen LogP contribution in [0.4, 0.5) is 4.39 Å². The summed E-state index contributed by atoms with van der Waals surface area (Å²) in [5.74, 6) is 0.570. The lowest BCUT2D eigenvalue weighted by atomic mass is 10.2. The highest BCUT2D eigenvalue weighted by Crippen LogP contribution is 2.03. The van der Waals surface area contributed by atoms with Crippen LogP contribution in [0.5, 0.6) is 0 Å². The third-order valence-corrected chi connectivity index (χ3v) is 2.52. The summed E-state index contributed by atoms with van der Waals surface area (Å²) in [4.78, 5) is 4.46. The minimum Gasteiger partial charge on any atom is -0.357 e. The Labute approximate surface area is 137 Å². The molecule has 0 saturated carbocycles. The van der Waals surface area contributed by atoms with Crippen LogP contribution in [0, 0.1) is 5.82 Å². The second-order valence-electron chi connectivity index (χ2n) is 4.11. The van der Waals surface area contributed by atoms with Crippen LogP contribution in [0.3, 0.4) is 0 Å². The van der Waals surface area contributed by atoms with E-state index in [2.05, 4.69) is 21.7 Å². The zero-order valence-electron chi connectivity index (χ0n) is 12.0. The largest absolute Gasteiger partial charge is 0.357 e. The van der Waals surface area contributed by atoms with E-state index in [1.807, 2.05) is 19.9 Å². The van der Waals surface area contributed by atoms with Gasteiger partial charge in [0.1, 0.15) is 5.82 Å². The summed E-state index contributed by atoms with van der Waals surface area (Å²) in [6.45, 7) is 6.24. The quantitative estimate of drug-likeness (QED) is 0.256. The van der Waals surface area contributed by atoms with Gasteiger partial charge in [-0.3, -0.25) is 0 Å². The molecule has 0 saturated heterocycles. The highest BCUT2D eigenvalue weighted by molar-refractivity contribution is 14.0. The lowest BCUT2D eigenvalue weighted by Crippen LogP contribution is -2.37.